The fourth-order valence-electron chi connectivity index (χ4n) is 2.56. The van der Waals surface area contributed by atoms with Crippen molar-refractivity contribution in [1.82, 2.24) is 9.78 Å². The molecule has 0 bridgehead atoms. The van der Waals surface area contributed by atoms with Gasteiger partial charge in [0.05, 0.1) is 13.3 Å². The summed E-state index contributed by atoms with van der Waals surface area (Å²) >= 11 is 0. The molecular weight excluding hydrogens is 216 g/mol. The summed E-state index contributed by atoms with van der Waals surface area (Å²) < 4.78 is 6.98. The van der Waals surface area contributed by atoms with Crippen molar-refractivity contribution >= 4 is 5.78 Å². The van der Waals surface area contributed by atoms with Gasteiger partial charge in [-0.2, -0.15) is 5.10 Å². The molecule has 4 heteroatoms. The van der Waals surface area contributed by atoms with Gasteiger partial charge >= 0.3 is 0 Å². The summed E-state index contributed by atoms with van der Waals surface area (Å²) in [5, 5.41) is 4.19. The van der Waals surface area contributed by atoms with E-state index in [0.717, 1.165) is 12.8 Å². The van der Waals surface area contributed by atoms with Gasteiger partial charge in [-0.3, -0.25) is 9.48 Å². The van der Waals surface area contributed by atoms with E-state index in [1.807, 2.05) is 6.92 Å². The Balaban J connectivity index is 2.24. The Morgan fingerprint density at radius 3 is 2.76 bits per heavy atom. The van der Waals surface area contributed by atoms with Crippen LogP contribution in [0.2, 0.25) is 0 Å². The SMILES string of the molecule is CCn1ncc(OC)c1C(=O)C1CCCCC1. The predicted molar refractivity (Wildman–Crippen MR) is 65.4 cm³/mol. The van der Waals surface area contributed by atoms with Crippen molar-refractivity contribution in [2.75, 3.05) is 7.11 Å². The summed E-state index contributed by atoms with van der Waals surface area (Å²) in [6.45, 7) is 2.70. The second-order valence-corrected chi connectivity index (χ2v) is 4.58. The Hall–Kier alpha value is -1.32. The lowest BCUT2D eigenvalue weighted by Crippen LogP contribution is -2.21. The number of methoxy groups -OCH3 is 1. The monoisotopic (exact) mass is 236 g/mol. The molecule has 1 aliphatic carbocycles. The minimum absolute atomic E-state index is 0.166. The molecule has 0 amide bonds. The zero-order chi connectivity index (χ0) is 12.3. The molecule has 0 spiro atoms. The molecule has 0 saturated heterocycles. The van der Waals surface area contributed by atoms with Crippen LogP contribution in [0.25, 0.3) is 0 Å². The lowest BCUT2D eigenvalue weighted by molar-refractivity contribution is 0.0875. The Morgan fingerprint density at radius 1 is 1.47 bits per heavy atom. The van der Waals surface area contributed by atoms with Gasteiger partial charge in [0, 0.05) is 12.5 Å². The maximum absolute atomic E-state index is 12.5. The van der Waals surface area contributed by atoms with E-state index < -0.39 is 0 Å². The molecule has 0 aliphatic heterocycles. The normalized spacial score (nSPS) is 17.1. The van der Waals surface area contributed by atoms with Gasteiger partial charge in [-0.15, -0.1) is 0 Å². The number of nitrogens with zero attached hydrogens (tertiary/aromatic N) is 2. The first-order chi connectivity index (χ1) is 8.27. The molecule has 1 heterocycles. The first-order valence-corrected chi connectivity index (χ1v) is 6.42. The van der Waals surface area contributed by atoms with Crippen molar-refractivity contribution in [1.29, 1.82) is 0 Å². The first kappa shape index (κ1) is 12.1. The number of ketones is 1. The predicted octanol–water partition coefficient (Wildman–Crippen LogP) is 2.67. The second kappa shape index (κ2) is 5.34. The van der Waals surface area contributed by atoms with Crippen LogP contribution in [0.4, 0.5) is 0 Å². The van der Waals surface area contributed by atoms with Crippen LogP contribution in [-0.2, 0) is 6.54 Å². The van der Waals surface area contributed by atoms with Gasteiger partial charge in [-0.1, -0.05) is 19.3 Å². The molecule has 17 heavy (non-hydrogen) atoms. The number of carbonyl (C=O) groups excluding carboxylic acids is 1. The molecule has 2 rings (SSSR count). The summed E-state index contributed by atoms with van der Waals surface area (Å²) in [5.41, 5.74) is 0.655. The van der Waals surface area contributed by atoms with E-state index in [2.05, 4.69) is 5.10 Å². The van der Waals surface area contributed by atoms with Crippen molar-refractivity contribution in [2.45, 2.75) is 45.6 Å². The van der Waals surface area contributed by atoms with Crippen molar-refractivity contribution in [2.24, 2.45) is 5.92 Å². The number of rotatable bonds is 4. The van der Waals surface area contributed by atoms with Gasteiger partial charge < -0.3 is 4.74 Å². The third-order valence-corrected chi connectivity index (χ3v) is 3.53. The zero-order valence-corrected chi connectivity index (χ0v) is 10.6. The Bertz CT molecular complexity index is 371. The number of hydrogen-bond acceptors (Lipinski definition) is 3. The molecule has 0 unspecified atom stereocenters. The van der Waals surface area contributed by atoms with E-state index in [4.69, 9.17) is 4.74 Å². The highest BCUT2D eigenvalue weighted by molar-refractivity contribution is 5.98. The van der Waals surface area contributed by atoms with Crippen LogP contribution in [0, 0.1) is 5.92 Å². The number of ether oxygens (including phenoxy) is 1. The third kappa shape index (κ3) is 2.35. The fourth-order valence-corrected chi connectivity index (χ4v) is 2.56. The molecule has 0 radical (unpaired) electrons. The molecule has 0 aromatic carbocycles. The highest BCUT2D eigenvalue weighted by Crippen LogP contribution is 2.30. The van der Waals surface area contributed by atoms with Crippen molar-refractivity contribution < 1.29 is 9.53 Å². The number of Topliss-reactive ketones (excluding diaryl/α,β-unsaturated/α-hetero) is 1. The Morgan fingerprint density at radius 2 is 2.18 bits per heavy atom. The van der Waals surface area contributed by atoms with Gasteiger partial charge in [0.2, 0.25) is 0 Å². The minimum Gasteiger partial charge on any atom is -0.493 e. The molecule has 1 aromatic rings. The average molecular weight is 236 g/mol. The zero-order valence-electron chi connectivity index (χ0n) is 10.6. The van der Waals surface area contributed by atoms with Crippen LogP contribution in [0.15, 0.2) is 6.20 Å². The molecule has 0 atom stereocenters. The van der Waals surface area contributed by atoms with Gasteiger partial charge in [-0.05, 0) is 19.8 Å². The summed E-state index contributed by atoms with van der Waals surface area (Å²) in [4.78, 5) is 12.5. The van der Waals surface area contributed by atoms with E-state index in [9.17, 15) is 4.79 Å². The van der Waals surface area contributed by atoms with E-state index in [1.54, 1.807) is 18.0 Å². The molecule has 94 valence electrons. The molecule has 4 nitrogen and oxygen atoms in total. The molecule has 0 N–H and O–H groups in total. The van der Waals surface area contributed by atoms with Crippen molar-refractivity contribution in [3.8, 4) is 5.75 Å². The van der Waals surface area contributed by atoms with Crippen LogP contribution in [0.1, 0.15) is 49.5 Å². The van der Waals surface area contributed by atoms with Gasteiger partial charge in [0.15, 0.2) is 11.5 Å². The molecule has 1 aromatic heterocycles. The van der Waals surface area contributed by atoms with Crippen LogP contribution in [-0.4, -0.2) is 22.7 Å². The largest absolute Gasteiger partial charge is 0.493 e. The highest BCUT2D eigenvalue weighted by Gasteiger charge is 2.27. The van der Waals surface area contributed by atoms with Crippen LogP contribution >= 0.6 is 0 Å². The highest BCUT2D eigenvalue weighted by atomic mass is 16.5. The quantitative estimate of drug-likeness (QED) is 0.755. The number of hydrogen-bond donors (Lipinski definition) is 0. The second-order valence-electron chi connectivity index (χ2n) is 4.58. The molecule has 1 saturated carbocycles. The van der Waals surface area contributed by atoms with E-state index in [-0.39, 0.29) is 11.7 Å². The van der Waals surface area contributed by atoms with E-state index in [0.29, 0.717) is 18.0 Å². The average Bonchev–Trinajstić information content (AvgIpc) is 2.81. The number of aryl methyl sites for hydroxylation is 1. The molecule has 1 fully saturated rings. The van der Waals surface area contributed by atoms with Gasteiger partial charge in [0.25, 0.3) is 0 Å². The standard InChI is InChI=1S/C13H20N2O2/c1-3-15-12(11(17-2)9-14-15)13(16)10-7-5-4-6-8-10/h9-10H,3-8H2,1-2H3. The van der Waals surface area contributed by atoms with Crippen LogP contribution in [0.5, 0.6) is 5.75 Å². The Kier molecular flexibility index (Phi) is 3.82. The van der Waals surface area contributed by atoms with E-state index >= 15 is 0 Å². The summed E-state index contributed by atoms with van der Waals surface area (Å²) in [7, 11) is 1.59. The van der Waals surface area contributed by atoms with Crippen LogP contribution < -0.4 is 4.74 Å². The van der Waals surface area contributed by atoms with Crippen LogP contribution in [0.3, 0.4) is 0 Å². The third-order valence-electron chi connectivity index (χ3n) is 3.53. The maximum atomic E-state index is 12.5. The smallest absolute Gasteiger partial charge is 0.187 e. The van der Waals surface area contributed by atoms with Crippen molar-refractivity contribution in [3.63, 3.8) is 0 Å². The summed E-state index contributed by atoms with van der Waals surface area (Å²) in [5.74, 6) is 0.989. The maximum Gasteiger partial charge on any atom is 0.187 e. The summed E-state index contributed by atoms with van der Waals surface area (Å²) in [6.07, 6.45) is 7.25. The first-order valence-electron chi connectivity index (χ1n) is 6.42. The summed E-state index contributed by atoms with van der Waals surface area (Å²) in [6, 6.07) is 0. The molecule has 1 aliphatic rings. The number of aromatic nitrogens is 2. The fraction of sp³-hybridized carbons (Fsp3) is 0.692. The number of carbonyl (C=O) groups is 1. The van der Waals surface area contributed by atoms with Gasteiger partial charge in [-0.25, -0.2) is 0 Å². The minimum atomic E-state index is 0.166. The lowest BCUT2D eigenvalue weighted by atomic mass is 9.85. The van der Waals surface area contributed by atoms with Gasteiger partial charge in [0.1, 0.15) is 5.69 Å². The Labute approximate surface area is 102 Å². The molecular formula is C13H20N2O2. The lowest BCUT2D eigenvalue weighted by Gasteiger charge is -2.20. The van der Waals surface area contributed by atoms with Crippen molar-refractivity contribution in [3.05, 3.63) is 11.9 Å². The van der Waals surface area contributed by atoms with E-state index in [1.165, 1.54) is 19.3 Å². The topological polar surface area (TPSA) is 44.1 Å².